The van der Waals surface area contributed by atoms with E-state index in [-0.39, 0.29) is 60.8 Å². The van der Waals surface area contributed by atoms with Crippen LogP contribution in [-0.4, -0.2) is 120 Å². The van der Waals surface area contributed by atoms with Crippen molar-refractivity contribution in [3.05, 3.63) is 133 Å². The van der Waals surface area contributed by atoms with Gasteiger partial charge < -0.3 is 47.4 Å². The summed E-state index contributed by atoms with van der Waals surface area (Å²) in [4.78, 5) is 80.5. The summed E-state index contributed by atoms with van der Waals surface area (Å²) < 4.78 is 56.9. The third kappa shape index (κ3) is 24.2. The van der Waals surface area contributed by atoms with Crippen LogP contribution < -0.4 is 24.0 Å². The van der Waals surface area contributed by atoms with Gasteiger partial charge in [-0.05, 0) is 186 Å². The molecule has 2 fully saturated rings. The molecule has 4 aromatic carbocycles. The van der Waals surface area contributed by atoms with Gasteiger partial charge in [-0.3, -0.25) is 19.2 Å². The predicted octanol–water partition coefficient (Wildman–Crippen LogP) is 12.1. The second kappa shape index (κ2) is 38.5. The molecule has 1 heterocycles. The number of ether oxygens (including phenoxy) is 10. The molecule has 1 aromatic heterocycles. The van der Waals surface area contributed by atoms with E-state index < -0.39 is 11.9 Å². The monoisotopic (exact) mass is 1240 g/mol. The molecule has 20 heteroatoms. The number of benzene rings is 4. The lowest BCUT2D eigenvalue weighted by atomic mass is 9.82. The number of nitrogens with zero attached hydrogens (tertiary/aromatic N) is 3. The van der Waals surface area contributed by atoms with Crippen LogP contribution in [0.4, 0.5) is 5.13 Å². The van der Waals surface area contributed by atoms with Crippen molar-refractivity contribution >= 4 is 68.7 Å². The molecule has 89 heavy (non-hydrogen) atoms. The minimum Gasteiger partial charge on any atom is -0.494 e. The zero-order chi connectivity index (χ0) is 62.8. The Morgan fingerprint density at radius 2 is 1.01 bits per heavy atom. The summed E-state index contributed by atoms with van der Waals surface area (Å²) in [5.74, 6) is -1.16. The van der Waals surface area contributed by atoms with E-state index in [1.54, 1.807) is 61.9 Å². The fourth-order valence-electron chi connectivity index (χ4n) is 10.3. The van der Waals surface area contributed by atoms with Crippen LogP contribution in [0.3, 0.4) is 0 Å². The van der Waals surface area contributed by atoms with Crippen LogP contribution in [0.2, 0.25) is 0 Å². The van der Waals surface area contributed by atoms with E-state index in [1.165, 1.54) is 11.3 Å². The lowest BCUT2D eigenvalue weighted by molar-refractivity contribution is -0.152. The number of para-hydroxylation sites is 1. The molecule has 2 aliphatic carbocycles. The van der Waals surface area contributed by atoms with Gasteiger partial charge in [0.25, 0.3) is 0 Å². The highest BCUT2D eigenvalue weighted by Gasteiger charge is 2.33. The number of unbranched alkanes of at least 4 members (excludes halogenated alkanes) is 6. The molecule has 0 N–H and O–H groups in total. The Bertz CT molecular complexity index is 3020. The zero-order valence-electron chi connectivity index (χ0n) is 51.2. The maximum atomic E-state index is 13.5. The van der Waals surface area contributed by atoms with E-state index in [0.29, 0.717) is 145 Å². The van der Waals surface area contributed by atoms with Crippen molar-refractivity contribution in [1.82, 2.24) is 4.98 Å². The van der Waals surface area contributed by atoms with Crippen molar-refractivity contribution in [3.63, 3.8) is 0 Å². The van der Waals surface area contributed by atoms with Gasteiger partial charge in [0.15, 0.2) is 0 Å². The number of thiazole rings is 1. The molecule has 2 saturated carbocycles. The fourth-order valence-corrected chi connectivity index (χ4v) is 11.3. The molecule has 7 rings (SSSR count). The molecular weight excluding hydrogens is 1160 g/mol. The van der Waals surface area contributed by atoms with Crippen LogP contribution in [0.1, 0.15) is 119 Å². The van der Waals surface area contributed by atoms with Gasteiger partial charge in [-0.15, -0.1) is 0 Å². The average molecular weight is 1240 g/mol. The van der Waals surface area contributed by atoms with Gasteiger partial charge in [-0.2, -0.15) is 5.10 Å². The summed E-state index contributed by atoms with van der Waals surface area (Å²) in [6.07, 6.45) is 16.0. The summed E-state index contributed by atoms with van der Waals surface area (Å²) in [6, 6.07) is 27.8. The summed E-state index contributed by atoms with van der Waals surface area (Å²) >= 11 is 1.53. The molecule has 0 radical (unpaired) electrons. The normalized spacial score (nSPS) is 16.4. The third-order valence-corrected chi connectivity index (χ3v) is 16.5. The molecular formula is C69H85N3O16S. The van der Waals surface area contributed by atoms with Crippen molar-refractivity contribution < 1.29 is 76.1 Å². The lowest BCUT2D eigenvalue weighted by Gasteiger charge is -2.26. The van der Waals surface area contributed by atoms with Crippen molar-refractivity contribution in [3.8, 4) is 23.0 Å². The Balaban J connectivity index is 0.864. The standard InChI is InChI=1S/C69H85N3O16S/c1-4-63(73)83-41-14-8-6-12-39-81-57-28-32-59(33-29-57)87-67(77)54-24-20-52(21-25-54)65(75)85-43-36-50-18-19-51(56(48-50)49-70-72(38-45-80-47-46-79-3)69-71-61-16-10-11-17-62(61)89-69)37-44-86-66(76)53-22-26-55(27-23-53)68(78)88-60-34-30-58(31-35-60)82-40-13-7-9-15-42-84-64(74)5-2/h4-5,10-11,16-19,28-35,48-49,52-55H,1-2,6-9,12-15,20-27,36-47H2,3H3/b70-49+. The number of carbonyl (C=O) groups is 6. The molecule has 478 valence electrons. The SMILES string of the molecule is C=CC(=O)OCCCCCCOc1ccc(OC(=O)C2CCC(C(=O)OCCc3ccc(CCOC(=O)C4CCC(C(=O)Oc5ccc(OCCCCCCOC(=O)C=C)cc5)CC4)c(/C=N/N(CCOCCOC)c4nc5ccccc5s4)c3)CC2)cc1. The number of hydrazone groups is 1. The minimum atomic E-state index is -0.410. The van der Waals surface area contributed by atoms with E-state index in [1.807, 2.05) is 47.5 Å². The molecule has 0 atom stereocenters. The quantitative estimate of drug-likeness (QED) is 0.00678. The van der Waals surface area contributed by atoms with Gasteiger partial charge >= 0.3 is 35.8 Å². The first-order valence-electron chi connectivity index (χ1n) is 31.1. The minimum absolute atomic E-state index is 0.133. The Hall–Kier alpha value is -7.94. The molecule has 19 nitrogen and oxygen atoms in total. The summed E-state index contributed by atoms with van der Waals surface area (Å²) in [5.41, 5.74) is 3.47. The van der Waals surface area contributed by atoms with Gasteiger partial charge in [0.2, 0.25) is 5.13 Å². The number of esters is 6. The van der Waals surface area contributed by atoms with Crippen LogP contribution in [-0.2, 0) is 70.0 Å². The fraction of sp³-hybridized carbons (Fsp3) is 0.478. The molecule has 0 unspecified atom stereocenters. The lowest BCUT2D eigenvalue weighted by Crippen LogP contribution is -2.29. The largest absolute Gasteiger partial charge is 0.494 e. The van der Waals surface area contributed by atoms with Crippen molar-refractivity contribution in [1.29, 1.82) is 0 Å². The molecule has 0 saturated heterocycles. The molecule has 0 aliphatic heterocycles. The molecule has 0 bridgehead atoms. The van der Waals surface area contributed by atoms with Gasteiger partial charge in [0, 0.05) is 32.1 Å². The number of rotatable bonds is 39. The highest BCUT2D eigenvalue weighted by Crippen LogP contribution is 2.34. The third-order valence-electron chi connectivity index (χ3n) is 15.5. The van der Waals surface area contributed by atoms with Crippen molar-refractivity contribution in [2.24, 2.45) is 28.8 Å². The van der Waals surface area contributed by atoms with Crippen LogP contribution in [0.5, 0.6) is 23.0 Å². The smallest absolute Gasteiger partial charge is 0.330 e. The molecule has 0 spiro atoms. The van der Waals surface area contributed by atoms with Crippen molar-refractivity contribution in [2.75, 3.05) is 78.1 Å². The van der Waals surface area contributed by atoms with Gasteiger partial charge in [0.1, 0.15) is 23.0 Å². The predicted molar refractivity (Wildman–Crippen MR) is 338 cm³/mol. The van der Waals surface area contributed by atoms with E-state index in [9.17, 15) is 28.8 Å². The van der Waals surface area contributed by atoms with Crippen LogP contribution >= 0.6 is 11.3 Å². The Labute approximate surface area is 526 Å². The highest BCUT2D eigenvalue weighted by molar-refractivity contribution is 7.22. The van der Waals surface area contributed by atoms with Gasteiger partial charge in [-0.25, -0.2) is 19.6 Å². The first-order valence-corrected chi connectivity index (χ1v) is 32.0. The topological polar surface area (TPSA) is 223 Å². The summed E-state index contributed by atoms with van der Waals surface area (Å²) in [5, 5.41) is 7.49. The van der Waals surface area contributed by atoms with E-state index in [0.717, 1.165) is 90.4 Å². The first-order chi connectivity index (χ1) is 43.5. The summed E-state index contributed by atoms with van der Waals surface area (Å²) in [7, 11) is 1.63. The van der Waals surface area contributed by atoms with Crippen molar-refractivity contribution in [2.45, 2.75) is 116 Å². The number of anilines is 1. The number of methoxy groups -OCH3 is 1. The highest BCUT2D eigenvalue weighted by atomic mass is 32.1. The second-order valence-corrected chi connectivity index (χ2v) is 23.0. The van der Waals surface area contributed by atoms with E-state index in [2.05, 4.69) is 13.2 Å². The Morgan fingerprint density at radius 3 is 1.52 bits per heavy atom. The second-order valence-electron chi connectivity index (χ2n) is 22.0. The summed E-state index contributed by atoms with van der Waals surface area (Å²) in [6.45, 7) is 10.6. The maximum Gasteiger partial charge on any atom is 0.330 e. The zero-order valence-corrected chi connectivity index (χ0v) is 52.0. The molecule has 2 aliphatic rings. The van der Waals surface area contributed by atoms with Gasteiger partial charge in [-0.1, -0.05) is 48.8 Å². The molecule has 5 aromatic rings. The van der Waals surface area contributed by atoms with Crippen LogP contribution in [0.15, 0.2) is 121 Å². The number of hydrogen-bond donors (Lipinski definition) is 0. The van der Waals surface area contributed by atoms with E-state index in [4.69, 9.17) is 57.5 Å². The van der Waals surface area contributed by atoms with Gasteiger partial charge in [0.05, 0.1) is 106 Å². The average Bonchev–Trinajstić information content (AvgIpc) is 3.88. The first kappa shape index (κ1) is 68.5. The number of hydrogen-bond acceptors (Lipinski definition) is 20. The number of fused-ring (bicyclic) bond motifs is 1. The molecule has 0 amide bonds. The van der Waals surface area contributed by atoms with E-state index >= 15 is 0 Å². The Morgan fingerprint density at radius 1 is 0.528 bits per heavy atom. The number of aromatic nitrogens is 1. The van der Waals surface area contributed by atoms with Crippen LogP contribution in [0, 0.1) is 23.7 Å². The maximum absolute atomic E-state index is 13.5. The number of carbonyl (C=O) groups excluding carboxylic acids is 6. The van der Waals surface area contributed by atoms with Crippen LogP contribution in [0.25, 0.3) is 10.2 Å². The Kier molecular flexibility index (Phi) is 29.6.